The van der Waals surface area contributed by atoms with Crippen LogP contribution in [0.5, 0.6) is 0 Å². The molecule has 0 bridgehead atoms. The molecule has 13 heavy (non-hydrogen) atoms. The highest BCUT2D eigenvalue weighted by Gasteiger charge is 2.14. The maximum atomic E-state index is 9.61. The first kappa shape index (κ1) is 11.2. The van der Waals surface area contributed by atoms with Gasteiger partial charge in [0.2, 0.25) is 0 Å². The normalized spacial score (nSPS) is 15.7. The van der Waals surface area contributed by atoms with Crippen LogP contribution < -0.4 is 0 Å². The van der Waals surface area contributed by atoms with Crippen molar-refractivity contribution in [2.24, 2.45) is 5.92 Å². The van der Waals surface area contributed by atoms with Crippen LogP contribution in [0.3, 0.4) is 0 Å². The van der Waals surface area contributed by atoms with Gasteiger partial charge in [-0.3, -0.25) is 0 Å². The van der Waals surface area contributed by atoms with Crippen LogP contribution in [0.1, 0.15) is 25.1 Å². The average molecular weight is 263 g/mol. The third-order valence-electron chi connectivity index (χ3n) is 2.27. The molecule has 0 amide bonds. The van der Waals surface area contributed by atoms with Crippen molar-refractivity contribution >= 4 is 27.3 Å². The summed E-state index contributed by atoms with van der Waals surface area (Å²) < 4.78 is 1.17. The Morgan fingerprint density at radius 2 is 2.31 bits per heavy atom. The molecule has 0 aromatic carbocycles. The molecule has 2 atom stereocenters. The van der Waals surface area contributed by atoms with Crippen molar-refractivity contribution in [3.8, 4) is 0 Å². The molecule has 0 radical (unpaired) electrons. The third kappa shape index (κ3) is 3.08. The second kappa shape index (κ2) is 5.13. The predicted molar refractivity (Wildman–Crippen MR) is 61.2 cm³/mol. The quantitative estimate of drug-likeness (QED) is 0.882. The maximum Gasteiger partial charge on any atom is 0.0566 e. The van der Waals surface area contributed by atoms with Gasteiger partial charge in [-0.05, 0) is 46.1 Å². The fourth-order valence-electron chi connectivity index (χ4n) is 1.30. The van der Waals surface area contributed by atoms with Gasteiger partial charge in [-0.1, -0.05) is 13.8 Å². The molecule has 74 valence electrons. The minimum atomic E-state index is -0.172. The van der Waals surface area contributed by atoms with Gasteiger partial charge in [0.15, 0.2) is 0 Å². The van der Waals surface area contributed by atoms with Crippen molar-refractivity contribution in [2.75, 3.05) is 0 Å². The molecule has 0 saturated heterocycles. The molecular weight excluding hydrogens is 248 g/mol. The Bertz CT molecular complexity index is 259. The third-order valence-corrected chi connectivity index (χ3v) is 4.22. The molecule has 0 aliphatic heterocycles. The molecule has 1 nitrogen and oxygen atoms in total. The Hall–Kier alpha value is 0.140. The Kier molecular flexibility index (Phi) is 4.42. The zero-order chi connectivity index (χ0) is 9.84. The Morgan fingerprint density at radius 1 is 1.62 bits per heavy atom. The summed E-state index contributed by atoms with van der Waals surface area (Å²) in [4.78, 5) is 1.33. The molecule has 0 aliphatic rings. The Morgan fingerprint density at radius 3 is 2.77 bits per heavy atom. The van der Waals surface area contributed by atoms with Crippen molar-refractivity contribution in [1.82, 2.24) is 0 Å². The average Bonchev–Trinajstić information content (AvgIpc) is 2.50. The molecule has 1 heterocycles. The largest absolute Gasteiger partial charge is 0.393 e. The Labute approximate surface area is 91.9 Å². The fourth-order valence-corrected chi connectivity index (χ4v) is 2.96. The van der Waals surface area contributed by atoms with Crippen LogP contribution in [0, 0.1) is 5.92 Å². The highest BCUT2D eigenvalue weighted by Crippen LogP contribution is 2.26. The van der Waals surface area contributed by atoms with Gasteiger partial charge in [0.25, 0.3) is 0 Å². The minimum Gasteiger partial charge on any atom is -0.393 e. The standard InChI is InChI=1S/C10H15BrOS/c1-3-9(12)7(2)6-10-8(11)4-5-13-10/h4-5,7,9,12H,3,6H2,1-2H3. The van der Waals surface area contributed by atoms with Gasteiger partial charge in [-0.15, -0.1) is 11.3 Å². The van der Waals surface area contributed by atoms with E-state index in [1.807, 2.05) is 6.92 Å². The second-order valence-electron chi connectivity index (χ2n) is 3.35. The molecule has 2 unspecified atom stereocenters. The van der Waals surface area contributed by atoms with Crippen molar-refractivity contribution in [2.45, 2.75) is 32.8 Å². The molecule has 0 spiro atoms. The number of hydrogen-bond donors (Lipinski definition) is 1. The van der Waals surface area contributed by atoms with Crippen LogP contribution >= 0.6 is 27.3 Å². The van der Waals surface area contributed by atoms with Crippen LogP contribution in [0.25, 0.3) is 0 Å². The van der Waals surface area contributed by atoms with Crippen LogP contribution in [0.2, 0.25) is 0 Å². The topological polar surface area (TPSA) is 20.2 Å². The molecule has 0 aliphatic carbocycles. The summed E-state index contributed by atoms with van der Waals surface area (Å²) in [5.74, 6) is 0.347. The fraction of sp³-hybridized carbons (Fsp3) is 0.600. The monoisotopic (exact) mass is 262 g/mol. The van der Waals surface area contributed by atoms with Gasteiger partial charge in [0.1, 0.15) is 0 Å². The van der Waals surface area contributed by atoms with Crippen LogP contribution in [0.15, 0.2) is 15.9 Å². The summed E-state index contributed by atoms with van der Waals surface area (Å²) in [7, 11) is 0. The lowest BCUT2D eigenvalue weighted by Gasteiger charge is -2.16. The highest BCUT2D eigenvalue weighted by atomic mass is 79.9. The van der Waals surface area contributed by atoms with Crippen LogP contribution in [-0.4, -0.2) is 11.2 Å². The van der Waals surface area contributed by atoms with Gasteiger partial charge in [-0.25, -0.2) is 0 Å². The lowest BCUT2D eigenvalue weighted by Crippen LogP contribution is -2.18. The van der Waals surface area contributed by atoms with E-state index in [1.165, 1.54) is 9.35 Å². The van der Waals surface area contributed by atoms with Crippen molar-refractivity contribution in [3.05, 3.63) is 20.8 Å². The van der Waals surface area contributed by atoms with E-state index >= 15 is 0 Å². The van der Waals surface area contributed by atoms with E-state index in [0.29, 0.717) is 5.92 Å². The van der Waals surface area contributed by atoms with E-state index in [9.17, 15) is 5.11 Å². The molecule has 1 rings (SSSR count). The molecule has 1 aromatic rings. The van der Waals surface area contributed by atoms with Crippen molar-refractivity contribution in [3.63, 3.8) is 0 Å². The van der Waals surface area contributed by atoms with Gasteiger partial charge in [-0.2, -0.15) is 0 Å². The van der Waals surface area contributed by atoms with Crippen molar-refractivity contribution in [1.29, 1.82) is 0 Å². The Balaban J connectivity index is 2.54. The molecule has 3 heteroatoms. The SMILES string of the molecule is CCC(O)C(C)Cc1sccc1Br. The lowest BCUT2D eigenvalue weighted by molar-refractivity contribution is 0.113. The maximum absolute atomic E-state index is 9.61. The number of thiophene rings is 1. The van der Waals surface area contributed by atoms with Crippen molar-refractivity contribution < 1.29 is 5.11 Å². The van der Waals surface area contributed by atoms with Gasteiger partial charge in [0, 0.05) is 9.35 Å². The first-order valence-corrected chi connectivity index (χ1v) is 6.22. The van der Waals surface area contributed by atoms with E-state index in [1.54, 1.807) is 11.3 Å². The number of aliphatic hydroxyl groups is 1. The number of hydrogen-bond acceptors (Lipinski definition) is 2. The zero-order valence-corrected chi connectivity index (χ0v) is 10.4. The van der Waals surface area contributed by atoms with Gasteiger partial charge < -0.3 is 5.11 Å². The predicted octanol–water partition coefficient (Wildman–Crippen LogP) is 3.46. The second-order valence-corrected chi connectivity index (χ2v) is 5.20. The highest BCUT2D eigenvalue weighted by molar-refractivity contribution is 9.10. The minimum absolute atomic E-state index is 0.172. The first-order valence-electron chi connectivity index (χ1n) is 4.55. The van der Waals surface area contributed by atoms with Gasteiger partial charge in [0.05, 0.1) is 6.10 Å². The van der Waals surface area contributed by atoms with Crippen LogP contribution in [-0.2, 0) is 6.42 Å². The van der Waals surface area contributed by atoms with E-state index < -0.39 is 0 Å². The van der Waals surface area contributed by atoms with Gasteiger partial charge >= 0.3 is 0 Å². The first-order chi connectivity index (χ1) is 6.15. The molecule has 1 aromatic heterocycles. The number of aliphatic hydroxyl groups excluding tert-OH is 1. The lowest BCUT2D eigenvalue weighted by atomic mass is 9.98. The van der Waals surface area contributed by atoms with E-state index in [0.717, 1.165) is 12.8 Å². The van der Waals surface area contributed by atoms with E-state index in [2.05, 4.69) is 34.3 Å². The molecule has 0 saturated carbocycles. The van der Waals surface area contributed by atoms with E-state index in [4.69, 9.17) is 0 Å². The molecular formula is C10H15BrOS. The number of rotatable bonds is 4. The smallest absolute Gasteiger partial charge is 0.0566 e. The van der Waals surface area contributed by atoms with E-state index in [-0.39, 0.29) is 6.10 Å². The summed E-state index contributed by atoms with van der Waals surface area (Å²) in [6, 6.07) is 2.06. The summed E-state index contributed by atoms with van der Waals surface area (Å²) in [5.41, 5.74) is 0. The summed E-state index contributed by atoms with van der Waals surface area (Å²) in [6.07, 6.45) is 1.63. The molecule has 1 N–H and O–H groups in total. The summed E-state index contributed by atoms with van der Waals surface area (Å²) in [5, 5.41) is 11.7. The zero-order valence-electron chi connectivity index (χ0n) is 7.96. The molecule has 0 fully saturated rings. The number of halogens is 1. The summed E-state index contributed by atoms with van der Waals surface area (Å²) >= 11 is 5.24. The van der Waals surface area contributed by atoms with Crippen LogP contribution in [0.4, 0.5) is 0 Å². The summed E-state index contributed by atoms with van der Waals surface area (Å²) in [6.45, 7) is 4.12.